The predicted octanol–water partition coefficient (Wildman–Crippen LogP) is 1.84. The van der Waals surface area contributed by atoms with Gasteiger partial charge in [-0.2, -0.15) is 0 Å². The molecule has 0 aromatic rings. The second-order valence-electron chi connectivity index (χ2n) is 3.06. The molecule has 0 aromatic heterocycles. The van der Waals surface area contributed by atoms with Crippen LogP contribution in [0.3, 0.4) is 0 Å². The van der Waals surface area contributed by atoms with Crippen LogP contribution in [0.2, 0.25) is 0 Å². The monoisotopic (exact) mass is 159 g/mol. The smallest absolute Gasteiger partial charge is 0.0958 e. The van der Waals surface area contributed by atoms with E-state index in [4.69, 9.17) is 5.11 Å². The Hall–Kier alpha value is -0.0800. The van der Waals surface area contributed by atoms with Crippen molar-refractivity contribution < 1.29 is 5.11 Å². The summed E-state index contributed by atoms with van der Waals surface area (Å²) in [6.07, 6.45) is 3.50. The lowest BCUT2D eigenvalue weighted by Gasteiger charge is -2.25. The summed E-state index contributed by atoms with van der Waals surface area (Å²) in [4.78, 5) is 2.11. The van der Waals surface area contributed by atoms with E-state index in [1.54, 1.807) is 0 Å². The Morgan fingerprint density at radius 1 is 1.36 bits per heavy atom. The first-order chi connectivity index (χ1) is 5.26. The number of hydrogen-bond acceptors (Lipinski definition) is 2. The van der Waals surface area contributed by atoms with Crippen LogP contribution in [0, 0.1) is 0 Å². The Labute approximate surface area is 70.2 Å². The zero-order valence-corrected chi connectivity index (χ0v) is 8.01. The molecule has 0 aliphatic heterocycles. The van der Waals surface area contributed by atoms with Gasteiger partial charge in [0.25, 0.3) is 0 Å². The number of unbranched alkanes of at least 4 members (excludes halogenated alkanes) is 1. The summed E-state index contributed by atoms with van der Waals surface area (Å²) in [7, 11) is 0. The average molecular weight is 159 g/mol. The molecule has 0 rings (SSSR count). The molecule has 0 spiro atoms. The quantitative estimate of drug-likeness (QED) is 0.598. The summed E-state index contributed by atoms with van der Waals surface area (Å²) in [5, 5.41) is 8.98. The zero-order chi connectivity index (χ0) is 8.69. The highest BCUT2D eigenvalue weighted by atomic mass is 16.3. The Bertz CT molecular complexity index is 85.6. The van der Waals surface area contributed by atoms with Crippen LogP contribution < -0.4 is 0 Å². The van der Waals surface area contributed by atoms with Crippen molar-refractivity contribution in [2.45, 2.75) is 46.1 Å². The molecule has 0 saturated carbocycles. The second kappa shape index (κ2) is 6.62. The van der Waals surface area contributed by atoms with Crippen LogP contribution >= 0.6 is 0 Å². The molecule has 0 bridgehead atoms. The van der Waals surface area contributed by atoms with Crippen molar-refractivity contribution in [3.63, 3.8) is 0 Å². The first kappa shape index (κ1) is 10.9. The molecule has 0 radical (unpaired) electrons. The molecule has 2 heteroatoms. The molecule has 0 aromatic carbocycles. The lowest BCUT2D eigenvalue weighted by molar-refractivity contribution is 0.0712. The number of rotatable bonds is 6. The molecular formula is C9H21NO. The Balaban J connectivity index is 3.56. The van der Waals surface area contributed by atoms with Gasteiger partial charge in [-0.1, -0.05) is 20.3 Å². The second-order valence-corrected chi connectivity index (χ2v) is 3.06. The highest BCUT2D eigenvalue weighted by Crippen LogP contribution is 2.03. The maximum atomic E-state index is 8.98. The van der Waals surface area contributed by atoms with E-state index in [1.165, 1.54) is 12.8 Å². The van der Waals surface area contributed by atoms with Gasteiger partial charge in [-0.25, -0.2) is 0 Å². The third-order valence-corrected chi connectivity index (χ3v) is 2.19. The Kier molecular flexibility index (Phi) is 6.57. The summed E-state index contributed by atoms with van der Waals surface area (Å²) < 4.78 is 0. The number of hydrogen-bond donors (Lipinski definition) is 1. The Morgan fingerprint density at radius 2 is 2.00 bits per heavy atom. The van der Waals surface area contributed by atoms with E-state index in [2.05, 4.69) is 25.7 Å². The minimum atomic E-state index is 0.203. The molecule has 2 nitrogen and oxygen atoms in total. The van der Waals surface area contributed by atoms with Crippen LogP contribution in [0.1, 0.15) is 40.0 Å². The molecule has 1 N–H and O–H groups in total. The van der Waals surface area contributed by atoms with Gasteiger partial charge in [-0.3, -0.25) is 4.90 Å². The van der Waals surface area contributed by atoms with Crippen LogP contribution in [-0.2, 0) is 0 Å². The highest BCUT2D eigenvalue weighted by Gasteiger charge is 2.08. The largest absolute Gasteiger partial charge is 0.381 e. The van der Waals surface area contributed by atoms with Crippen LogP contribution in [-0.4, -0.2) is 29.3 Å². The molecule has 11 heavy (non-hydrogen) atoms. The van der Waals surface area contributed by atoms with Crippen LogP contribution in [0.4, 0.5) is 0 Å². The maximum Gasteiger partial charge on any atom is 0.0958 e. The molecule has 0 fully saturated rings. The van der Waals surface area contributed by atoms with Crippen LogP contribution in [0.15, 0.2) is 0 Å². The molecule has 0 saturated heterocycles. The molecular weight excluding hydrogens is 138 g/mol. The van der Waals surface area contributed by atoms with E-state index in [0.29, 0.717) is 6.04 Å². The lowest BCUT2D eigenvalue weighted by Crippen LogP contribution is -2.34. The van der Waals surface area contributed by atoms with Gasteiger partial charge in [0, 0.05) is 12.6 Å². The van der Waals surface area contributed by atoms with Gasteiger partial charge in [-0.15, -0.1) is 0 Å². The Morgan fingerprint density at radius 3 is 2.36 bits per heavy atom. The number of nitrogens with zero attached hydrogens (tertiary/aromatic N) is 1. The van der Waals surface area contributed by atoms with E-state index in [1.807, 2.05) is 0 Å². The van der Waals surface area contributed by atoms with E-state index in [0.717, 1.165) is 13.0 Å². The normalized spacial score (nSPS) is 13.9. The SMILES string of the molecule is CCCCN(CO)C(C)CC. The van der Waals surface area contributed by atoms with Crippen LogP contribution in [0.25, 0.3) is 0 Å². The summed E-state index contributed by atoms with van der Waals surface area (Å²) in [6, 6.07) is 0.520. The topological polar surface area (TPSA) is 23.5 Å². The van der Waals surface area contributed by atoms with Crippen molar-refractivity contribution in [2.24, 2.45) is 0 Å². The van der Waals surface area contributed by atoms with E-state index >= 15 is 0 Å². The molecule has 0 amide bonds. The first-order valence-corrected chi connectivity index (χ1v) is 4.61. The molecule has 1 atom stereocenters. The van der Waals surface area contributed by atoms with E-state index < -0.39 is 0 Å². The third-order valence-electron chi connectivity index (χ3n) is 2.19. The number of aliphatic hydroxyl groups excluding tert-OH is 1. The average Bonchev–Trinajstić information content (AvgIpc) is 2.05. The summed E-state index contributed by atoms with van der Waals surface area (Å²) in [5.41, 5.74) is 0. The van der Waals surface area contributed by atoms with Gasteiger partial charge < -0.3 is 5.11 Å². The summed E-state index contributed by atoms with van der Waals surface area (Å²) in [6.45, 7) is 7.72. The summed E-state index contributed by atoms with van der Waals surface area (Å²) in [5.74, 6) is 0. The van der Waals surface area contributed by atoms with Crippen molar-refractivity contribution >= 4 is 0 Å². The van der Waals surface area contributed by atoms with Crippen molar-refractivity contribution in [1.82, 2.24) is 4.90 Å². The predicted molar refractivity (Wildman–Crippen MR) is 48.5 cm³/mol. The van der Waals surface area contributed by atoms with Gasteiger partial charge in [0.2, 0.25) is 0 Å². The van der Waals surface area contributed by atoms with Gasteiger partial charge in [0.05, 0.1) is 6.73 Å². The van der Waals surface area contributed by atoms with Gasteiger partial charge in [0.1, 0.15) is 0 Å². The molecule has 0 aliphatic carbocycles. The van der Waals surface area contributed by atoms with Crippen LogP contribution in [0.5, 0.6) is 0 Å². The fraction of sp³-hybridized carbons (Fsp3) is 1.00. The summed E-state index contributed by atoms with van der Waals surface area (Å²) >= 11 is 0. The van der Waals surface area contributed by atoms with Crippen molar-refractivity contribution in [3.8, 4) is 0 Å². The van der Waals surface area contributed by atoms with Crippen molar-refractivity contribution in [2.75, 3.05) is 13.3 Å². The number of aliphatic hydroxyl groups is 1. The fourth-order valence-electron chi connectivity index (χ4n) is 1.05. The molecule has 1 unspecified atom stereocenters. The molecule has 0 aliphatic rings. The molecule has 0 heterocycles. The minimum absolute atomic E-state index is 0.203. The standard InChI is InChI=1S/C9H21NO/c1-4-6-7-10(8-11)9(3)5-2/h9,11H,4-8H2,1-3H3. The maximum absolute atomic E-state index is 8.98. The van der Waals surface area contributed by atoms with Gasteiger partial charge in [-0.05, 0) is 19.8 Å². The van der Waals surface area contributed by atoms with Gasteiger partial charge in [0.15, 0.2) is 0 Å². The van der Waals surface area contributed by atoms with Crippen molar-refractivity contribution in [3.05, 3.63) is 0 Å². The van der Waals surface area contributed by atoms with Crippen molar-refractivity contribution in [1.29, 1.82) is 0 Å². The zero-order valence-electron chi connectivity index (χ0n) is 8.01. The minimum Gasteiger partial charge on any atom is -0.381 e. The highest BCUT2D eigenvalue weighted by molar-refractivity contribution is 4.61. The van der Waals surface area contributed by atoms with E-state index in [9.17, 15) is 0 Å². The van der Waals surface area contributed by atoms with Gasteiger partial charge >= 0.3 is 0 Å². The fourth-order valence-corrected chi connectivity index (χ4v) is 1.05. The lowest BCUT2D eigenvalue weighted by atomic mass is 10.2. The first-order valence-electron chi connectivity index (χ1n) is 4.61. The van der Waals surface area contributed by atoms with E-state index in [-0.39, 0.29) is 6.73 Å². The third kappa shape index (κ3) is 4.38. The molecule has 68 valence electrons.